The van der Waals surface area contributed by atoms with Crippen LogP contribution < -0.4 is 15.8 Å². The van der Waals surface area contributed by atoms with Gasteiger partial charge in [0.25, 0.3) is 0 Å². The molecule has 0 aliphatic carbocycles. The molecule has 34 heavy (non-hydrogen) atoms. The minimum absolute atomic E-state index is 0.104. The lowest BCUT2D eigenvalue weighted by molar-refractivity contribution is -0.117. The quantitative estimate of drug-likeness (QED) is 0.403. The molecule has 0 spiro atoms. The molecule has 1 amide bonds. The Kier molecular flexibility index (Phi) is 6.67. The van der Waals surface area contributed by atoms with Gasteiger partial charge in [0.15, 0.2) is 5.58 Å². The fourth-order valence-corrected chi connectivity index (χ4v) is 4.84. The number of nitrogens with one attached hydrogen (secondary N) is 2. The number of aromatic nitrogens is 1. The predicted octanol–water partition coefficient (Wildman–Crippen LogP) is 3.22. The van der Waals surface area contributed by atoms with E-state index in [1.807, 2.05) is 49.4 Å². The van der Waals surface area contributed by atoms with Crippen molar-refractivity contribution in [1.29, 1.82) is 0 Å². The Balaban J connectivity index is 1.62. The third-order valence-corrected chi connectivity index (χ3v) is 7.07. The van der Waals surface area contributed by atoms with E-state index in [9.17, 15) is 18.0 Å². The largest absolute Gasteiger partial charge is 0.419 e. The molecule has 1 heterocycles. The molecule has 0 aliphatic heterocycles. The lowest BCUT2D eigenvalue weighted by Gasteiger charge is -2.19. The number of sulfonamides is 1. The third kappa shape index (κ3) is 5.11. The van der Waals surface area contributed by atoms with Gasteiger partial charge in [0.2, 0.25) is 15.9 Å². The summed E-state index contributed by atoms with van der Waals surface area (Å²) in [4.78, 5) is 24.8. The van der Waals surface area contributed by atoms with E-state index < -0.39 is 27.7 Å². The Morgan fingerprint density at radius 1 is 1.00 bits per heavy atom. The maximum atomic E-state index is 13.2. The first-order chi connectivity index (χ1) is 16.3. The van der Waals surface area contributed by atoms with Gasteiger partial charge in [-0.05, 0) is 48.2 Å². The lowest BCUT2D eigenvalue weighted by Crippen LogP contribution is -2.45. The first-order valence-corrected chi connectivity index (χ1v) is 12.3. The fourth-order valence-electron chi connectivity index (χ4n) is 3.63. The van der Waals surface area contributed by atoms with Crippen LogP contribution in [-0.2, 0) is 34.7 Å². The number of fused-ring (bicyclic) bond motifs is 1. The highest BCUT2D eigenvalue weighted by atomic mass is 32.2. The van der Waals surface area contributed by atoms with E-state index in [4.69, 9.17) is 4.42 Å². The van der Waals surface area contributed by atoms with Gasteiger partial charge in [-0.1, -0.05) is 49.4 Å². The van der Waals surface area contributed by atoms with Crippen molar-refractivity contribution in [2.75, 3.05) is 5.32 Å². The smallest absolute Gasteiger partial charge is 0.408 e. The van der Waals surface area contributed by atoms with Crippen LogP contribution in [0.1, 0.15) is 18.1 Å². The first-order valence-electron chi connectivity index (χ1n) is 10.8. The number of anilines is 1. The van der Waals surface area contributed by atoms with Gasteiger partial charge in [-0.2, -0.15) is 4.72 Å². The molecule has 8 nitrogen and oxygen atoms in total. The summed E-state index contributed by atoms with van der Waals surface area (Å²) in [5, 5.41) is 2.80. The van der Waals surface area contributed by atoms with Gasteiger partial charge in [-0.15, -0.1) is 0 Å². The fraction of sp³-hybridized carbons (Fsp3) is 0.200. The summed E-state index contributed by atoms with van der Waals surface area (Å²) in [6.45, 7) is 2.04. The van der Waals surface area contributed by atoms with Crippen LogP contribution in [0.5, 0.6) is 0 Å². The van der Waals surface area contributed by atoms with Crippen molar-refractivity contribution in [2.24, 2.45) is 7.05 Å². The van der Waals surface area contributed by atoms with Crippen molar-refractivity contribution in [2.45, 2.75) is 30.7 Å². The molecule has 1 aromatic heterocycles. The zero-order valence-electron chi connectivity index (χ0n) is 18.8. The molecule has 4 rings (SSSR count). The van der Waals surface area contributed by atoms with Crippen LogP contribution in [0.3, 0.4) is 0 Å². The zero-order chi connectivity index (χ0) is 24.3. The third-order valence-electron chi connectivity index (χ3n) is 5.60. The van der Waals surface area contributed by atoms with E-state index in [-0.39, 0.29) is 16.9 Å². The standard InChI is InChI=1S/C25H25N3O5S/c1-3-17-9-11-19(12-10-17)26-24(29)21(15-18-7-5-4-6-8-18)27-34(31,32)20-13-14-22-23(16-20)33-25(30)28(22)2/h4-14,16,21,27H,3,15H2,1-2H3,(H,26,29). The van der Waals surface area contributed by atoms with Crippen LogP contribution in [0.4, 0.5) is 5.69 Å². The first kappa shape index (κ1) is 23.5. The van der Waals surface area contributed by atoms with E-state index in [1.165, 1.54) is 29.8 Å². The number of hydrogen-bond donors (Lipinski definition) is 2. The van der Waals surface area contributed by atoms with Gasteiger partial charge in [-0.25, -0.2) is 13.2 Å². The van der Waals surface area contributed by atoms with E-state index in [0.717, 1.165) is 17.5 Å². The van der Waals surface area contributed by atoms with Crippen molar-refractivity contribution >= 4 is 32.7 Å². The molecule has 176 valence electrons. The topological polar surface area (TPSA) is 110 Å². The normalized spacial score (nSPS) is 12.5. The molecule has 1 unspecified atom stereocenters. The molecule has 3 aromatic carbocycles. The van der Waals surface area contributed by atoms with Crippen LogP contribution in [0.15, 0.2) is 86.9 Å². The Labute approximate surface area is 197 Å². The number of hydrogen-bond acceptors (Lipinski definition) is 5. The Hall–Kier alpha value is -3.69. The highest BCUT2D eigenvalue weighted by Gasteiger charge is 2.27. The van der Waals surface area contributed by atoms with Crippen molar-refractivity contribution < 1.29 is 17.6 Å². The average Bonchev–Trinajstić information content (AvgIpc) is 3.12. The molecule has 9 heteroatoms. The number of amides is 1. The summed E-state index contributed by atoms with van der Waals surface area (Å²) in [5.41, 5.74) is 3.12. The minimum atomic E-state index is -4.10. The molecule has 0 bridgehead atoms. The van der Waals surface area contributed by atoms with E-state index in [2.05, 4.69) is 10.0 Å². The van der Waals surface area contributed by atoms with Gasteiger partial charge in [0, 0.05) is 18.8 Å². The highest BCUT2D eigenvalue weighted by Crippen LogP contribution is 2.19. The summed E-state index contributed by atoms with van der Waals surface area (Å²) in [6, 6.07) is 19.6. The maximum Gasteiger partial charge on any atom is 0.419 e. The number of nitrogens with zero attached hydrogens (tertiary/aromatic N) is 1. The number of benzene rings is 3. The van der Waals surface area contributed by atoms with Crippen LogP contribution in [-0.4, -0.2) is 24.9 Å². The summed E-state index contributed by atoms with van der Waals surface area (Å²) in [6.07, 6.45) is 1.03. The number of carbonyl (C=O) groups excluding carboxylic acids is 1. The van der Waals surface area contributed by atoms with Gasteiger partial charge >= 0.3 is 5.76 Å². The van der Waals surface area contributed by atoms with E-state index in [1.54, 1.807) is 12.1 Å². The van der Waals surface area contributed by atoms with E-state index in [0.29, 0.717) is 11.2 Å². The molecule has 0 saturated carbocycles. The molecule has 2 N–H and O–H groups in total. The molecule has 0 saturated heterocycles. The van der Waals surface area contributed by atoms with Crippen LogP contribution >= 0.6 is 0 Å². The predicted molar refractivity (Wildman–Crippen MR) is 130 cm³/mol. The number of aryl methyl sites for hydroxylation is 2. The lowest BCUT2D eigenvalue weighted by atomic mass is 10.1. The van der Waals surface area contributed by atoms with Crippen molar-refractivity contribution in [3.63, 3.8) is 0 Å². The second-order valence-corrected chi connectivity index (χ2v) is 9.67. The molecule has 0 aliphatic rings. The van der Waals surface area contributed by atoms with Gasteiger partial charge < -0.3 is 9.73 Å². The average molecular weight is 480 g/mol. The molecule has 1 atom stereocenters. The molecule has 4 aromatic rings. The Morgan fingerprint density at radius 3 is 2.38 bits per heavy atom. The zero-order valence-corrected chi connectivity index (χ0v) is 19.6. The van der Waals surface area contributed by atoms with Crippen molar-refractivity contribution in [3.8, 4) is 0 Å². The minimum Gasteiger partial charge on any atom is -0.408 e. The highest BCUT2D eigenvalue weighted by molar-refractivity contribution is 7.89. The van der Waals surface area contributed by atoms with E-state index >= 15 is 0 Å². The number of carbonyl (C=O) groups is 1. The van der Waals surface area contributed by atoms with Crippen molar-refractivity contribution in [1.82, 2.24) is 9.29 Å². The Bertz CT molecular complexity index is 1470. The number of rotatable bonds is 8. The molecule has 0 fully saturated rings. The summed E-state index contributed by atoms with van der Waals surface area (Å²) in [7, 11) is -2.57. The van der Waals surface area contributed by atoms with Crippen LogP contribution in [0.2, 0.25) is 0 Å². The molecular weight excluding hydrogens is 454 g/mol. The summed E-state index contributed by atoms with van der Waals surface area (Å²) < 4.78 is 35.3. The van der Waals surface area contributed by atoms with Crippen LogP contribution in [0.25, 0.3) is 11.1 Å². The maximum absolute atomic E-state index is 13.2. The second-order valence-electron chi connectivity index (χ2n) is 7.96. The van der Waals surface area contributed by atoms with Crippen molar-refractivity contribution in [3.05, 3.63) is 94.5 Å². The van der Waals surface area contributed by atoms with Gasteiger partial charge in [0.05, 0.1) is 10.4 Å². The number of oxazole rings is 1. The molecule has 0 radical (unpaired) electrons. The summed E-state index contributed by atoms with van der Waals surface area (Å²) >= 11 is 0. The van der Waals surface area contributed by atoms with Gasteiger partial charge in [0.1, 0.15) is 6.04 Å². The monoisotopic (exact) mass is 479 g/mol. The van der Waals surface area contributed by atoms with Gasteiger partial charge in [-0.3, -0.25) is 9.36 Å². The molecular formula is C25H25N3O5S. The SMILES string of the molecule is CCc1ccc(NC(=O)C(Cc2ccccc2)NS(=O)(=O)c2ccc3c(c2)oc(=O)n3C)cc1. The second kappa shape index (κ2) is 9.66. The summed E-state index contributed by atoms with van der Waals surface area (Å²) in [5.74, 6) is -1.07. The van der Waals surface area contributed by atoms with Crippen LogP contribution in [0, 0.1) is 0 Å². The Morgan fingerprint density at radius 2 is 1.71 bits per heavy atom.